The quantitative estimate of drug-likeness (QED) is 0.0262. The van der Waals surface area contributed by atoms with Gasteiger partial charge in [0, 0.05) is 19.3 Å². The zero-order chi connectivity index (χ0) is 48.6. The minimum absolute atomic E-state index is 0.0968. The Hall–Kier alpha value is -3.41. The first-order valence-electron chi connectivity index (χ1n) is 28.1. The van der Waals surface area contributed by atoms with Crippen LogP contribution in [0.5, 0.6) is 0 Å². The number of rotatable bonds is 50. The molecule has 0 amide bonds. The van der Waals surface area contributed by atoms with E-state index in [4.69, 9.17) is 14.2 Å². The lowest BCUT2D eigenvalue weighted by atomic mass is 10.1. The fourth-order valence-electron chi connectivity index (χ4n) is 7.57. The summed E-state index contributed by atoms with van der Waals surface area (Å²) in [5.41, 5.74) is 0. The average Bonchev–Trinajstić information content (AvgIpc) is 3.33. The van der Waals surface area contributed by atoms with Crippen LogP contribution < -0.4 is 0 Å². The van der Waals surface area contributed by atoms with Crippen molar-refractivity contribution < 1.29 is 28.6 Å². The minimum atomic E-state index is -0.802. The highest BCUT2D eigenvalue weighted by Gasteiger charge is 2.19. The van der Waals surface area contributed by atoms with Gasteiger partial charge in [-0.3, -0.25) is 14.4 Å². The maximum atomic E-state index is 12.8. The lowest BCUT2D eigenvalue weighted by molar-refractivity contribution is -0.167. The van der Waals surface area contributed by atoms with E-state index in [9.17, 15) is 14.4 Å². The molecule has 0 heterocycles. The van der Waals surface area contributed by atoms with E-state index in [2.05, 4.69) is 106 Å². The van der Waals surface area contributed by atoms with E-state index in [-0.39, 0.29) is 31.1 Å². The van der Waals surface area contributed by atoms with Gasteiger partial charge in [-0.1, -0.05) is 209 Å². The highest BCUT2D eigenvalue weighted by molar-refractivity contribution is 5.71. The lowest BCUT2D eigenvalue weighted by Gasteiger charge is -2.18. The molecule has 0 aliphatic heterocycles. The molecule has 1 atom stereocenters. The molecule has 0 aromatic heterocycles. The first kappa shape index (κ1) is 63.6. The third kappa shape index (κ3) is 53.4. The Morgan fingerprint density at radius 3 is 0.866 bits per heavy atom. The van der Waals surface area contributed by atoms with Crippen molar-refractivity contribution in [3.63, 3.8) is 0 Å². The number of hydrogen-bond donors (Lipinski definition) is 0. The van der Waals surface area contributed by atoms with Gasteiger partial charge in [0.1, 0.15) is 13.2 Å². The molecule has 0 radical (unpaired) electrons. The van der Waals surface area contributed by atoms with Crippen LogP contribution in [-0.2, 0) is 28.6 Å². The van der Waals surface area contributed by atoms with Gasteiger partial charge in [0.05, 0.1) is 0 Å². The molecule has 0 bridgehead atoms. The van der Waals surface area contributed by atoms with Gasteiger partial charge >= 0.3 is 17.9 Å². The summed E-state index contributed by atoms with van der Waals surface area (Å²) in [5.74, 6) is -0.951. The zero-order valence-electron chi connectivity index (χ0n) is 43.9. The van der Waals surface area contributed by atoms with Gasteiger partial charge < -0.3 is 14.2 Å². The molecule has 0 spiro atoms. The summed E-state index contributed by atoms with van der Waals surface area (Å²) in [4.78, 5) is 38.1. The smallest absolute Gasteiger partial charge is 0.306 e. The highest BCUT2D eigenvalue weighted by atomic mass is 16.6. The van der Waals surface area contributed by atoms with Gasteiger partial charge in [-0.15, -0.1) is 0 Å². The molecule has 0 aliphatic carbocycles. The Morgan fingerprint density at radius 2 is 0.537 bits per heavy atom. The topological polar surface area (TPSA) is 78.9 Å². The maximum Gasteiger partial charge on any atom is 0.306 e. The molecule has 0 rings (SSSR count). The van der Waals surface area contributed by atoms with E-state index in [0.29, 0.717) is 19.3 Å². The summed E-state index contributed by atoms with van der Waals surface area (Å²) < 4.78 is 16.8. The van der Waals surface area contributed by atoms with E-state index in [1.54, 1.807) is 0 Å². The van der Waals surface area contributed by atoms with Gasteiger partial charge in [-0.05, 0) is 122 Å². The predicted octanol–water partition coefficient (Wildman–Crippen LogP) is 18.8. The number of carbonyl (C=O) groups excluding carboxylic acids is 3. The molecule has 0 saturated heterocycles. The number of ether oxygens (including phenoxy) is 3. The molecule has 0 aromatic rings. The van der Waals surface area contributed by atoms with Crippen LogP contribution in [0.1, 0.15) is 265 Å². The van der Waals surface area contributed by atoms with Crippen molar-refractivity contribution in [3.8, 4) is 0 Å². The summed E-state index contributed by atoms with van der Waals surface area (Å²) in [6.45, 7) is 6.52. The van der Waals surface area contributed by atoms with Crippen molar-refractivity contribution >= 4 is 17.9 Å². The molecule has 0 fully saturated rings. The fourth-order valence-corrected chi connectivity index (χ4v) is 7.57. The van der Waals surface area contributed by atoms with Crippen LogP contribution in [0.15, 0.2) is 85.1 Å². The van der Waals surface area contributed by atoms with E-state index in [0.717, 1.165) is 103 Å². The molecule has 6 nitrogen and oxygen atoms in total. The van der Waals surface area contributed by atoms with Crippen molar-refractivity contribution in [1.29, 1.82) is 0 Å². The average molecular weight is 933 g/mol. The van der Waals surface area contributed by atoms with E-state index in [1.807, 2.05) is 0 Å². The van der Waals surface area contributed by atoms with Crippen LogP contribution in [0, 0.1) is 0 Å². The first-order valence-corrected chi connectivity index (χ1v) is 28.1. The van der Waals surface area contributed by atoms with Crippen LogP contribution >= 0.6 is 0 Å². The number of allylic oxidation sites excluding steroid dienone is 14. The van der Waals surface area contributed by atoms with Crippen molar-refractivity contribution in [3.05, 3.63) is 85.1 Å². The van der Waals surface area contributed by atoms with Gasteiger partial charge in [-0.25, -0.2) is 0 Å². The third-order valence-electron chi connectivity index (χ3n) is 11.8. The van der Waals surface area contributed by atoms with E-state index in [1.165, 1.54) is 122 Å². The molecule has 0 aliphatic rings. The monoisotopic (exact) mass is 933 g/mol. The number of hydrogen-bond acceptors (Lipinski definition) is 6. The predicted molar refractivity (Wildman–Crippen MR) is 288 cm³/mol. The summed E-state index contributed by atoms with van der Waals surface area (Å²) in [6, 6.07) is 0. The Bertz CT molecular complexity index is 1300. The van der Waals surface area contributed by atoms with E-state index >= 15 is 0 Å². The normalized spacial score (nSPS) is 12.7. The van der Waals surface area contributed by atoms with Crippen LogP contribution in [-0.4, -0.2) is 37.2 Å². The first-order chi connectivity index (χ1) is 33.0. The van der Waals surface area contributed by atoms with Crippen molar-refractivity contribution in [2.45, 2.75) is 271 Å². The van der Waals surface area contributed by atoms with Crippen molar-refractivity contribution in [2.24, 2.45) is 0 Å². The summed E-state index contributed by atoms with van der Waals surface area (Å²) >= 11 is 0. The molecule has 0 aromatic carbocycles. The largest absolute Gasteiger partial charge is 0.462 e. The Kier molecular flexibility index (Phi) is 52.4. The second-order valence-electron chi connectivity index (χ2n) is 18.5. The van der Waals surface area contributed by atoms with Crippen molar-refractivity contribution in [2.75, 3.05) is 13.2 Å². The minimum Gasteiger partial charge on any atom is -0.462 e. The van der Waals surface area contributed by atoms with Gasteiger partial charge in [-0.2, -0.15) is 0 Å². The van der Waals surface area contributed by atoms with Crippen LogP contribution in [0.25, 0.3) is 0 Å². The molecule has 6 heteroatoms. The second kappa shape index (κ2) is 55.2. The molecular weight excluding hydrogens is 829 g/mol. The third-order valence-corrected chi connectivity index (χ3v) is 11.8. The molecule has 67 heavy (non-hydrogen) atoms. The number of carbonyl (C=O) groups is 3. The summed E-state index contributed by atoms with van der Waals surface area (Å²) in [5, 5.41) is 0. The Balaban J connectivity index is 4.45. The number of unbranched alkanes of at least 4 members (excludes halogenated alkanes) is 25. The zero-order valence-corrected chi connectivity index (χ0v) is 43.9. The van der Waals surface area contributed by atoms with Gasteiger partial charge in [0.2, 0.25) is 0 Å². The fraction of sp³-hybridized carbons (Fsp3) is 0.721. The molecule has 384 valence electrons. The highest BCUT2D eigenvalue weighted by Crippen LogP contribution is 2.14. The lowest BCUT2D eigenvalue weighted by Crippen LogP contribution is -2.30. The van der Waals surface area contributed by atoms with Gasteiger partial charge in [0.25, 0.3) is 0 Å². The standard InChI is InChI=1S/C61H104O6/c1-4-7-10-13-16-19-22-25-28-29-30-31-34-36-39-42-45-48-51-54-60(63)66-57-58(67-61(64)55-52-49-46-43-40-37-33-27-24-21-18-15-12-9-6-3)56-65-59(62)53-50-47-44-41-38-35-32-26-23-20-17-14-11-8-5-2/h16-21,25-28,32-33,38,41,58H,4-15,22-24,29-31,34-37,39-40,42-57H2,1-3H3/b19-16-,20-17-,21-18-,28-25-,32-26-,33-27-,41-38-/t58-/m0/s1. The van der Waals surface area contributed by atoms with Crippen molar-refractivity contribution in [1.82, 2.24) is 0 Å². The van der Waals surface area contributed by atoms with Crippen LogP contribution in [0.3, 0.4) is 0 Å². The Labute approximate surface area is 414 Å². The SMILES string of the molecule is CCCCC/C=C\C/C=C\C/C=C\CCCCC(=O)OC[C@@H](COC(=O)CCCCCCCCCCC/C=C\C/C=C\CCCCC)OC(=O)CCCCCCC/C=C\C/C=C\CCCCC. The van der Waals surface area contributed by atoms with Crippen LogP contribution in [0.2, 0.25) is 0 Å². The van der Waals surface area contributed by atoms with Gasteiger partial charge in [0.15, 0.2) is 6.10 Å². The molecule has 0 unspecified atom stereocenters. The second-order valence-corrected chi connectivity index (χ2v) is 18.5. The van der Waals surface area contributed by atoms with Crippen LogP contribution in [0.4, 0.5) is 0 Å². The summed E-state index contributed by atoms with van der Waals surface area (Å²) in [7, 11) is 0. The summed E-state index contributed by atoms with van der Waals surface area (Å²) in [6.07, 6.45) is 71.4. The van der Waals surface area contributed by atoms with E-state index < -0.39 is 6.10 Å². The number of esters is 3. The Morgan fingerprint density at radius 1 is 0.299 bits per heavy atom. The molecule has 0 N–H and O–H groups in total. The molecule has 0 saturated carbocycles. The molecular formula is C61H104O6. The maximum absolute atomic E-state index is 12.8.